The lowest BCUT2D eigenvalue weighted by Gasteiger charge is -2.24. The van der Waals surface area contributed by atoms with Crippen LogP contribution in [0.1, 0.15) is 25.7 Å². The fraction of sp³-hybridized carbons (Fsp3) is 0.786. The molecule has 0 bridgehead atoms. The van der Waals surface area contributed by atoms with Gasteiger partial charge in [-0.25, -0.2) is 0 Å². The van der Waals surface area contributed by atoms with Gasteiger partial charge in [0.1, 0.15) is 6.04 Å². The molecule has 2 fully saturated rings. The van der Waals surface area contributed by atoms with Crippen LogP contribution in [0.4, 0.5) is 0 Å². The Labute approximate surface area is 124 Å². The van der Waals surface area contributed by atoms with Gasteiger partial charge < -0.3 is 14.9 Å². The van der Waals surface area contributed by atoms with Gasteiger partial charge in [-0.15, -0.1) is 0 Å². The predicted molar refractivity (Wildman–Crippen MR) is 75.0 cm³/mol. The summed E-state index contributed by atoms with van der Waals surface area (Å²) in [4.78, 5) is 27.2. The maximum absolute atomic E-state index is 12.0. The molecule has 7 nitrogen and oxygen atoms in total. The highest BCUT2D eigenvalue weighted by molar-refractivity contribution is 5.82. The molecule has 2 aliphatic heterocycles. The minimum absolute atomic E-state index is 0.0116. The number of nitrogens with zero attached hydrogens (tertiary/aromatic N) is 3. The van der Waals surface area contributed by atoms with Crippen molar-refractivity contribution in [2.24, 2.45) is 0 Å². The standard InChI is InChI=1S/C14H22N4O3/c15-7-11-3-1-5-17(11)13(20)8-16-9-14(21)18-6-2-4-12(18)10-19/h11-12,16,19H,1-6,8-10H2. The first-order valence-electron chi connectivity index (χ1n) is 7.47. The van der Waals surface area contributed by atoms with Crippen LogP contribution in [0.2, 0.25) is 0 Å². The van der Waals surface area contributed by atoms with E-state index in [1.807, 2.05) is 0 Å². The number of amides is 2. The van der Waals surface area contributed by atoms with Crippen LogP contribution in [0.3, 0.4) is 0 Å². The van der Waals surface area contributed by atoms with E-state index >= 15 is 0 Å². The van der Waals surface area contributed by atoms with Gasteiger partial charge in [-0.2, -0.15) is 5.26 Å². The Hall–Kier alpha value is -1.65. The molecule has 116 valence electrons. The first kappa shape index (κ1) is 15.7. The summed E-state index contributed by atoms with van der Waals surface area (Å²) in [6.45, 7) is 1.44. The van der Waals surface area contributed by atoms with Crippen LogP contribution in [0.25, 0.3) is 0 Å². The molecule has 2 N–H and O–H groups in total. The number of nitriles is 1. The lowest BCUT2D eigenvalue weighted by Crippen LogP contribution is -2.46. The van der Waals surface area contributed by atoms with E-state index in [0.29, 0.717) is 13.1 Å². The summed E-state index contributed by atoms with van der Waals surface area (Å²) in [5.74, 6) is -0.218. The van der Waals surface area contributed by atoms with Crippen LogP contribution in [-0.4, -0.2) is 71.6 Å². The first-order valence-corrected chi connectivity index (χ1v) is 7.47. The Morgan fingerprint density at radius 3 is 2.43 bits per heavy atom. The monoisotopic (exact) mass is 294 g/mol. The van der Waals surface area contributed by atoms with E-state index in [2.05, 4.69) is 11.4 Å². The van der Waals surface area contributed by atoms with E-state index in [4.69, 9.17) is 5.26 Å². The quantitative estimate of drug-likeness (QED) is 0.683. The van der Waals surface area contributed by atoms with Crippen LogP contribution in [-0.2, 0) is 9.59 Å². The zero-order chi connectivity index (χ0) is 15.2. The summed E-state index contributed by atoms with van der Waals surface area (Å²) in [6.07, 6.45) is 3.33. The molecule has 2 saturated heterocycles. The highest BCUT2D eigenvalue weighted by Gasteiger charge is 2.29. The van der Waals surface area contributed by atoms with E-state index in [1.54, 1.807) is 9.80 Å². The predicted octanol–water partition coefficient (Wildman–Crippen LogP) is -0.926. The minimum Gasteiger partial charge on any atom is -0.394 e. The molecule has 0 aliphatic carbocycles. The van der Waals surface area contributed by atoms with E-state index in [0.717, 1.165) is 25.7 Å². The van der Waals surface area contributed by atoms with Crippen LogP contribution in [0, 0.1) is 11.3 Å². The lowest BCUT2D eigenvalue weighted by atomic mass is 10.2. The Balaban J connectivity index is 1.73. The van der Waals surface area contributed by atoms with Gasteiger partial charge in [0.2, 0.25) is 11.8 Å². The Kier molecular flexibility index (Phi) is 5.53. The van der Waals surface area contributed by atoms with Crippen molar-refractivity contribution < 1.29 is 14.7 Å². The summed E-state index contributed by atoms with van der Waals surface area (Å²) in [5, 5.41) is 21.0. The highest BCUT2D eigenvalue weighted by atomic mass is 16.3. The number of carbonyl (C=O) groups is 2. The summed E-state index contributed by atoms with van der Waals surface area (Å²) in [7, 11) is 0. The van der Waals surface area contributed by atoms with Crippen molar-refractivity contribution in [1.82, 2.24) is 15.1 Å². The van der Waals surface area contributed by atoms with Gasteiger partial charge in [0.05, 0.1) is 31.8 Å². The smallest absolute Gasteiger partial charge is 0.237 e. The summed E-state index contributed by atoms with van der Waals surface area (Å²) < 4.78 is 0. The molecule has 0 aromatic carbocycles. The number of hydrogen-bond donors (Lipinski definition) is 2. The number of hydrogen-bond acceptors (Lipinski definition) is 5. The van der Waals surface area contributed by atoms with Crippen molar-refractivity contribution in [1.29, 1.82) is 5.26 Å². The first-order chi connectivity index (χ1) is 10.2. The van der Waals surface area contributed by atoms with E-state index in [9.17, 15) is 14.7 Å². The molecule has 2 heterocycles. The fourth-order valence-corrected chi connectivity index (χ4v) is 3.03. The average molecular weight is 294 g/mol. The number of nitrogens with one attached hydrogen (secondary N) is 1. The minimum atomic E-state index is -0.327. The molecule has 2 unspecified atom stereocenters. The van der Waals surface area contributed by atoms with Crippen molar-refractivity contribution in [2.75, 3.05) is 32.8 Å². The average Bonchev–Trinajstić information content (AvgIpc) is 3.15. The summed E-state index contributed by atoms with van der Waals surface area (Å²) >= 11 is 0. The Bertz CT molecular complexity index is 434. The number of aliphatic hydroxyl groups is 1. The molecule has 2 rings (SSSR count). The van der Waals surface area contributed by atoms with E-state index in [-0.39, 0.29) is 43.6 Å². The van der Waals surface area contributed by atoms with Gasteiger partial charge >= 0.3 is 0 Å². The third-order valence-corrected chi connectivity index (χ3v) is 4.18. The number of aliphatic hydroxyl groups excluding tert-OH is 1. The van der Waals surface area contributed by atoms with Crippen LogP contribution >= 0.6 is 0 Å². The Morgan fingerprint density at radius 1 is 1.14 bits per heavy atom. The topological polar surface area (TPSA) is 96.7 Å². The number of rotatable bonds is 5. The second-order valence-electron chi connectivity index (χ2n) is 5.54. The van der Waals surface area contributed by atoms with Crippen molar-refractivity contribution >= 4 is 11.8 Å². The molecule has 7 heteroatoms. The second kappa shape index (κ2) is 7.38. The molecule has 0 saturated carbocycles. The van der Waals surface area contributed by atoms with E-state index < -0.39 is 0 Å². The van der Waals surface area contributed by atoms with Crippen molar-refractivity contribution in [3.05, 3.63) is 0 Å². The summed E-state index contributed by atoms with van der Waals surface area (Å²) in [6, 6.07) is 1.71. The SMILES string of the molecule is N#CC1CCCN1C(=O)CNCC(=O)N1CCCC1CO. The van der Waals surface area contributed by atoms with Gasteiger partial charge in [-0.05, 0) is 25.7 Å². The number of carbonyl (C=O) groups excluding carboxylic acids is 2. The molecule has 2 amide bonds. The second-order valence-corrected chi connectivity index (χ2v) is 5.54. The third kappa shape index (κ3) is 3.71. The normalized spacial score (nSPS) is 25.1. The van der Waals surface area contributed by atoms with Crippen molar-refractivity contribution in [2.45, 2.75) is 37.8 Å². The van der Waals surface area contributed by atoms with Gasteiger partial charge in [-0.1, -0.05) is 0 Å². The van der Waals surface area contributed by atoms with Gasteiger partial charge in [-0.3, -0.25) is 14.9 Å². The molecular formula is C14H22N4O3. The summed E-state index contributed by atoms with van der Waals surface area (Å²) in [5.41, 5.74) is 0. The largest absolute Gasteiger partial charge is 0.394 e. The van der Waals surface area contributed by atoms with Gasteiger partial charge in [0, 0.05) is 13.1 Å². The van der Waals surface area contributed by atoms with Crippen LogP contribution in [0.15, 0.2) is 0 Å². The molecule has 0 radical (unpaired) electrons. The molecule has 0 aromatic rings. The maximum atomic E-state index is 12.0. The fourth-order valence-electron chi connectivity index (χ4n) is 3.03. The number of likely N-dealkylation sites (tertiary alicyclic amines) is 2. The zero-order valence-electron chi connectivity index (χ0n) is 12.1. The third-order valence-electron chi connectivity index (χ3n) is 4.18. The van der Waals surface area contributed by atoms with Gasteiger partial charge in [0.25, 0.3) is 0 Å². The van der Waals surface area contributed by atoms with Crippen molar-refractivity contribution in [3.8, 4) is 6.07 Å². The zero-order valence-corrected chi connectivity index (χ0v) is 12.1. The lowest BCUT2D eigenvalue weighted by molar-refractivity contribution is -0.132. The molecule has 0 aromatic heterocycles. The van der Waals surface area contributed by atoms with Crippen LogP contribution in [0.5, 0.6) is 0 Å². The molecule has 21 heavy (non-hydrogen) atoms. The molecule has 2 atom stereocenters. The molecule has 0 spiro atoms. The molecule has 2 aliphatic rings. The van der Waals surface area contributed by atoms with Gasteiger partial charge in [0.15, 0.2) is 0 Å². The van der Waals surface area contributed by atoms with Crippen LogP contribution < -0.4 is 5.32 Å². The Morgan fingerprint density at radius 2 is 1.76 bits per heavy atom. The van der Waals surface area contributed by atoms with E-state index in [1.165, 1.54) is 0 Å². The highest BCUT2D eigenvalue weighted by Crippen LogP contribution is 2.17. The maximum Gasteiger partial charge on any atom is 0.237 e. The molecular weight excluding hydrogens is 272 g/mol. The van der Waals surface area contributed by atoms with Crippen molar-refractivity contribution in [3.63, 3.8) is 0 Å².